The van der Waals surface area contributed by atoms with Gasteiger partial charge in [0.05, 0.1) is 23.3 Å². The average Bonchev–Trinajstić information content (AvgIpc) is 2.95. The normalized spacial score (nSPS) is 15.4. The molecule has 1 saturated heterocycles. The van der Waals surface area contributed by atoms with Crippen LogP contribution in [0.5, 0.6) is 11.5 Å². The molecule has 0 saturated carbocycles. The number of cyclic esters (lactones) is 1. The van der Waals surface area contributed by atoms with Gasteiger partial charge in [0.1, 0.15) is 24.7 Å². The predicted octanol–water partition coefficient (Wildman–Crippen LogP) is 4.94. The second-order valence-electron chi connectivity index (χ2n) is 9.15. The molecule has 38 heavy (non-hydrogen) atoms. The van der Waals surface area contributed by atoms with E-state index in [2.05, 4.69) is 0 Å². The lowest BCUT2D eigenvalue weighted by Gasteiger charge is -2.40. The van der Waals surface area contributed by atoms with Crippen molar-refractivity contribution >= 4 is 23.4 Å². The van der Waals surface area contributed by atoms with Crippen molar-refractivity contribution in [3.05, 3.63) is 93.5 Å². The van der Waals surface area contributed by atoms with Crippen molar-refractivity contribution in [1.82, 2.24) is 4.90 Å². The first-order valence-corrected chi connectivity index (χ1v) is 12.3. The van der Waals surface area contributed by atoms with Gasteiger partial charge in [-0.25, -0.2) is 4.79 Å². The maximum atomic E-state index is 13.4. The number of ether oxygens (including phenoxy) is 3. The third kappa shape index (κ3) is 5.10. The number of benzene rings is 3. The number of amides is 2. The van der Waals surface area contributed by atoms with Crippen molar-refractivity contribution in [2.45, 2.75) is 32.1 Å². The van der Waals surface area contributed by atoms with Gasteiger partial charge in [-0.3, -0.25) is 19.8 Å². The van der Waals surface area contributed by atoms with E-state index in [0.717, 1.165) is 11.3 Å². The molecular weight excluding hydrogens is 490 g/mol. The van der Waals surface area contributed by atoms with E-state index in [4.69, 9.17) is 14.2 Å². The minimum Gasteiger partial charge on any atom is -0.496 e. The van der Waals surface area contributed by atoms with Crippen LogP contribution in [0.15, 0.2) is 66.7 Å². The zero-order chi connectivity index (χ0) is 26.6. The zero-order valence-electron chi connectivity index (χ0n) is 20.9. The molecule has 2 heterocycles. The standard InChI is InChI=1S/C28H27N3O7/c1-36-26-16-23(37-17-19-5-4-7-22(15-19)31(34)35)9-10-24(26)27(32)29-13-11-21(12-14-29)30-25-8-3-2-6-20(25)18-38-28(30)33/h2-10,15-16,21H,11-14,17-18H2,1H3. The van der Waals surface area contributed by atoms with Gasteiger partial charge < -0.3 is 19.1 Å². The molecule has 5 rings (SSSR count). The Morgan fingerprint density at radius 3 is 2.63 bits per heavy atom. The highest BCUT2D eigenvalue weighted by atomic mass is 16.6. The van der Waals surface area contributed by atoms with Crippen LogP contribution in [0.1, 0.15) is 34.3 Å². The molecule has 196 valence electrons. The van der Waals surface area contributed by atoms with Gasteiger partial charge in [0.25, 0.3) is 11.6 Å². The van der Waals surface area contributed by atoms with E-state index in [0.29, 0.717) is 48.6 Å². The molecule has 10 heteroatoms. The van der Waals surface area contributed by atoms with Crippen LogP contribution >= 0.6 is 0 Å². The molecule has 3 aromatic rings. The number of piperidine rings is 1. The summed E-state index contributed by atoms with van der Waals surface area (Å²) in [6.45, 7) is 1.38. The van der Waals surface area contributed by atoms with Gasteiger partial charge in [0.2, 0.25) is 0 Å². The molecule has 2 amide bonds. The molecule has 0 spiro atoms. The van der Waals surface area contributed by atoms with Crippen LogP contribution in [0, 0.1) is 10.1 Å². The Morgan fingerprint density at radius 1 is 1.08 bits per heavy atom. The number of rotatable bonds is 7. The lowest BCUT2D eigenvalue weighted by molar-refractivity contribution is -0.384. The first-order valence-electron chi connectivity index (χ1n) is 12.3. The Kier molecular flexibility index (Phi) is 7.12. The Hall–Kier alpha value is -4.60. The van der Waals surface area contributed by atoms with Gasteiger partial charge in [-0.05, 0) is 36.6 Å². The molecule has 0 atom stereocenters. The summed E-state index contributed by atoms with van der Waals surface area (Å²) in [6.07, 6.45) is 0.903. The Morgan fingerprint density at radius 2 is 1.87 bits per heavy atom. The van der Waals surface area contributed by atoms with Crippen molar-refractivity contribution < 1.29 is 28.7 Å². The van der Waals surface area contributed by atoms with Crippen molar-refractivity contribution in [1.29, 1.82) is 0 Å². The topological polar surface area (TPSA) is 111 Å². The fraction of sp³-hybridized carbons (Fsp3) is 0.286. The molecule has 3 aromatic carbocycles. The van der Waals surface area contributed by atoms with Crippen LogP contribution in [0.25, 0.3) is 0 Å². The SMILES string of the molecule is COc1cc(OCc2cccc([N+](=O)[O-])c2)ccc1C(=O)N1CCC(N2C(=O)OCc3ccccc32)CC1. The number of methoxy groups -OCH3 is 1. The van der Waals surface area contributed by atoms with Crippen molar-refractivity contribution in [2.75, 3.05) is 25.1 Å². The minimum absolute atomic E-state index is 0.00483. The largest absolute Gasteiger partial charge is 0.496 e. The van der Waals surface area contributed by atoms with E-state index < -0.39 is 4.92 Å². The van der Waals surface area contributed by atoms with Gasteiger partial charge in [-0.2, -0.15) is 0 Å². The molecule has 0 N–H and O–H groups in total. The van der Waals surface area contributed by atoms with Crippen LogP contribution in [0.2, 0.25) is 0 Å². The summed E-state index contributed by atoms with van der Waals surface area (Å²) in [6, 6.07) is 18.9. The quantitative estimate of drug-likeness (QED) is 0.322. The van der Waals surface area contributed by atoms with E-state index in [-0.39, 0.29) is 36.9 Å². The summed E-state index contributed by atoms with van der Waals surface area (Å²) in [5.41, 5.74) is 2.91. The van der Waals surface area contributed by atoms with Crippen molar-refractivity contribution in [2.24, 2.45) is 0 Å². The van der Waals surface area contributed by atoms with E-state index in [1.165, 1.54) is 19.2 Å². The van der Waals surface area contributed by atoms with Crippen LogP contribution in [-0.4, -0.2) is 48.1 Å². The van der Waals surface area contributed by atoms with E-state index in [1.54, 1.807) is 40.1 Å². The number of carbonyl (C=O) groups is 2. The number of para-hydroxylation sites is 1. The molecule has 2 aliphatic heterocycles. The van der Waals surface area contributed by atoms with E-state index in [1.807, 2.05) is 24.3 Å². The van der Waals surface area contributed by atoms with Crippen molar-refractivity contribution in [3.63, 3.8) is 0 Å². The highest BCUT2D eigenvalue weighted by Crippen LogP contribution is 2.33. The molecule has 0 bridgehead atoms. The van der Waals surface area contributed by atoms with Gasteiger partial charge in [0.15, 0.2) is 0 Å². The Bertz CT molecular complexity index is 1370. The molecule has 0 aromatic heterocycles. The highest BCUT2D eigenvalue weighted by molar-refractivity contribution is 5.97. The third-order valence-electron chi connectivity index (χ3n) is 6.85. The van der Waals surface area contributed by atoms with Gasteiger partial charge in [-0.15, -0.1) is 0 Å². The van der Waals surface area contributed by atoms with Crippen LogP contribution < -0.4 is 14.4 Å². The average molecular weight is 518 g/mol. The zero-order valence-corrected chi connectivity index (χ0v) is 20.9. The second kappa shape index (κ2) is 10.8. The maximum absolute atomic E-state index is 13.4. The van der Waals surface area contributed by atoms with Gasteiger partial charge >= 0.3 is 6.09 Å². The molecule has 1 fully saturated rings. The number of nitro benzene ring substituents is 1. The lowest BCUT2D eigenvalue weighted by atomic mass is 10.00. The van der Waals surface area contributed by atoms with Gasteiger partial charge in [-0.1, -0.05) is 30.3 Å². The number of hydrogen-bond acceptors (Lipinski definition) is 7. The number of likely N-dealkylation sites (tertiary alicyclic amines) is 1. The highest BCUT2D eigenvalue weighted by Gasteiger charge is 2.35. The van der Waals surface area contributed by atoms with Gasteiger partial charge in [0, 0.05) is 42.9 Å². The maximum Gasteiger partial charge on any atom is 0.414 e. The number of carbonyl (C=O) groups excluding carboxylic acids is 2. The monoisotopic (exact) mass is 517 g/mol. The van der Waals surface area contributed by atoms with Crippen molar-refractivity contribution in [3.8, 4) is 11.5 Å². The van der Waals surface area contributed by atoms with Crippen LogP contribution in [-0.2, 0) is 18.0 Å². The molecule has 0 radical (unpaired) electrons. The molecule has 0 unspecified atom stereocenters. The number of nitrogens with zero attached hydrogens (tertiary/aromatic N) is 3. The van der Waals surface area contributed by atoms with Crippen LogP contribution in [0.4, 0.5) is 16.2 Å². The number of nitro groups is 1. The number of anilines is 1. The van der Waals surface area contributed by atoms with E-state index >= 15 is 0 Å². The summed E-state index contributed by atoms with van der Waals surface area (Å²) >= 11 is 0. The third-order valence-corrected chi connectivity index (χ3v) is 6.85. The second-order valence-corrected chi connectivity index (χ2v) is 9.15. The Labute approximate surface area is 219 Å². The number of non-ortho nitro benzene ring substituents is 1. The smallest absolute Gasteiger partial charge is 0.414 e. The summed E-state index contributed by atoms with van der Waals surface area (Å²) in [5, 5.41) is 11.0. The summed E-state index contributed by atoms with van der Waals surface area (Å²) < 4.78 is 16.6. The molecule has 10 nitrogen and oxygen atoms in total. The first-order chi connectivity index (χ1) is 18.4. The lowest BCUT2D eigenvalue weighted by Crippen LogP contribution is -2.50. The minimum atomic E-state index is -0.452. The Balaban J connectivity index is 1.23. The number of hydrogen-bond donors (Lipinski definition) is 0. The summed E-state index contributed by atoms with van der Waals surface area (Å²) in [5.74, 6) is 0.695. The van der Waals surface area contributed by atoms with E-state index in [9.17, 15) is 19.7 Å². The van der Waals surface area contributed by atoms with Crippen LogP contribution in [0.3, 0.4) is 0 Å². The molecule has 2 aliphatic rings. The first kappa shape index (κ1) is 25.1. The predicted molar refractivity (Wildman–Crippen MR) is 138 cm³/mol. The number of fused-ring (bicyclic) bond motifs is 1. The molecule has 0 aliphatic carbocycles. The fourth-order valence-corrected chi connectivity index (χ4v) is 4.88. The molecular formula is C28H27N3O7. The summed E-state index contributed by atoms with van der Waals surface area (Å²) in [4.78, 5) is 39.9. The summed E-state index contributed by atoms with van der Waals surface area (Å²) in [7, 11) is 1.49. The fourth-order valence-electron chi connectivity index (χ4n) is 4.88.